The lowest BCUT2D eigenvalue weighted by Gasteiger charge is -2.34. The van der Waals surface area contributed by atoms with Crippen LogP contribution in [-0.2, 0) is 4.79 Å². The van der Waals surface area contributed by atoms with Gasteiger partial charge in [0.25, 0.3) is 5.91 Å². The Hall–Kier alpha value is -4.14. The standard InChI is InChI=1S/C32H40N4O5/c1-6-21(2)22-12-14-25(15-13-22)36(32(38)26-20-33-16-17-34-26)29(31(37)35-24-10-8-7-9-11-24)23-18-27(39-3)30(41-5)28(19-23)40-4/h12-21,24,29H,6-11H2,1-5H3,(H,35,37). The number of amides is 2. The molecule has 9 nitrogen and oxygen atoms in total. The number of carbonyl (C=O) groups excluding carboxylic acids is 2. The Kier molecular flexibility index (Phi) is 10.2. The smallest absolute Gasteiger partial charge is 0.279 e. The molecule has 3 aromatic rings. The third kappa shape index (κ3) is 6.78. The highest BCUT2D eigenvalue weighted by Gasteiger charge is 2.36. The molecule has 1 fully saturated rings. The van der Waals surface area contributed by atoms with E-state index in [2.05, 4.69) is 29.1 Å². The van der Waals surface area contributed by atoms with E-state index in [0.717, 1.165) is 44.1 Å². The van der Waals surface area contributed by atoms with Crippen molar-refractivity contribution in [2.45, 2.75) is 70.4 Å². The van der Waals surface area contributed by atoms with Crippen molar-refractivity contribution in [1.29, 1.82) is 0 Å². The van der Waals surface area contributed by atoms with Crippen LogP contribution < -0.4 is 24.4 Å². The average Bonchev–Trinajstić information content (AvgIpc) is 3.03. The maximum atomic E-state index is 14.3. The number of nitrogens with zero attached hydrogens (tertiary/aromatic N) is 3. The van der Waals surface area contributed by atoms with Crippen molar-refractivity contribution < 1.29 is 23.8 Å². The van der Waals surface area contributed by atoms with Gasteiger partial charge in [0.05, 0.1) is 27.5 Å². The molecule has 2 unspecified atom stereocenters. The monoisotopic (exact) mass is 560 g/mol. The van der Waals surface area contributed by atoms with E-state index in [4.69, 9.17) is 14.2 Å². The van der Waals surface area contributed by atoms with Crippen LogP contribution in [0.3, 0.4) is 0 Å². The Morgan fingerprint density at radius 1 is 0.951 bits per heavy atom. The van der Waals surface area contributed by atoms with Gasteiger partial charge in [-0.25, -0.2) is 4.98 Å². The quantitative estimate of drug-likeness (QED) is 0.314. The predicted molar refractivity (Wildman–Crippen MR) is 158 cm³/mol. The maximum absolute atomic E-state index is 14.3. The van der Waals surface area contributed by atoms with Crippen molar-refractivity contribution in [3.63, 3.8) is 0 Å². The first-order valence-electron chi connectivity index (χ1n) is 14.2. The van der Waals surface area contributed by atoms with Gasteiger partial charge in [-0.15, -0.1) is 0 Å². The second-order valence-corrected chi connectivity index (χ2v) is 10.4. The van der Waals surface area contributed by atoms with Gasteiger partial charge in [-0.3, -0.25) is 19.5 Å². The molecule has 0 aliphatic heterocycles. The van der Waals surface area contributed by atoms with E-state index >= 15 is 0 Å². The summed E-state index contributed by atoms with van der Waals surface area (Å²) in [6.45, 7) is 4.30. The Morgan fingerprint density at radius 3 is 2.15 bits per heavy atom. The minimum absolute atomic E-state index is 0.0297. The van der Waals surface area contributed by atoms with Crippen LogP contribution in [-0.4, -0.2) is 49.2 Å². The minimum atomic E-state index is -1.06. The van der Waals surface area contributed by atoms with E-state index < -0.39 is 11.9 Å². The van der Waals surface area contributed by atoms with E-state index in [1.165, 1.54) is 44.8 Å². The van der Waals surface area contributed by atoms with Crippen LogP contribution in [0.4, 0.5) is 5.69 Å². The lowest BCUT2D eigenvalue weighted by Crippen LogP contribution is -2.47. The zero-order chi connectivity index (χ0) is 29.4. The zero-order valence-corrected chi connectivity index (χ0v) is 24.6. The van der Waals surface area contributed by atoms with Gasteiger partial charge in [0.1, 0.15) is 11.7 Å². The number of nitrogens with one attached hydrogen (secondary N) is 1. The molecular weight excluding hydrogens is 520 g/mol. The van der Waals surface area contributed by atoms with E-state index in [9.17, 15) is 9.59 Å². The van der Waals surface area contributed by atoms with Crippen LogP contribution in [0.25, 0.3) is 0 Å². The van der Waals surface area contributed by atoms with Gasteiger partial charge in [-0.2, -0.15) is 0 Å². The summed E-state index contributed by atoms with van der Waals surface area (Å²) in [5.41, 5.74) is 2.35. The molecule has 1 N–H and O–H groups in total. The molecule has 2 aromatic carbocycles. The Bertz CT molecular complexity index is 1280. The largest absolute Gasteiger partial charge is 0.493 e. The number of hydrogen-bond acceptors (Lipinski definition) is 7. The fourth-order valence-corrected chi connectivity index (χ4v) is 5.32. The molecular formula is C32H40N4O5. The average molecular weight is 561 g/mol. The highest BCUT2D eigenvalue weighted by molar-refractivity contribution is 6.09. The summed E-state index contributed by atoms with van der Waals surface area (Å²) in [5.74, 6) is 0.776. The van der Waals surface area contributed by atoms with E-state index in [0.29, 0.717) is 34.4 Å². The predicted octanol–water partition coefficient (Wildman–Crippen LogP) is 5.85. The molecule has 2 amide bonds. The number of methoxy groups -OCH3 is 3. The van der Waals surface area contributed by atoms with Gasteiger partial charge < -0.3 is 19.5 Å². The highest BCUT2D eigenvalue weighted by Crippen LogP contribution is 2.42. The number of rotatable bonds is 11. The summed E-state index contributed by atoms with van der Waals surface area (Å²) in [6.07, 6.45) is 10.4. The van der Waals surface area contributed by atoms with E-state index in [1.54, 1.807) is 12.1 Å². The van der Waals surface area contributed by atoms with Gasteiger partial charge in [0.2, 0.25) is 11.7 Å². The molecule has 0 bridgehead atoms. The first-order chi connectivity index (χ1) is 19.9. The van der Waals surface area contributed by atoms with Gasteiger partial charge in [-0.05, 0) is 60.6 Å². The molecule has 0 saturated heterocycles. The fourth-order valence-electron chi connectivity index (χ4n) is 5.32. The van der Waals surface area contributed by atoms with Gasteiger partial charge in [-0.1, -0.05) is 45.2 Å². The molecule has 218 valence electrons. The number of anilines is 1. The number of hydrogen-bond donors (Lipinski definition) is 1. The molecule has 1 aliphatic rings. The lowest BCUT2D eigenvalue weighted by atomic mass is 9.94. The van der Waals surface area contributed by atoms with Crippen molar-refractivity contribution in [3.8, 4) is 17.2 Å². The van der Waals surface area contributed by atoms with Crippen molar-refractivity contribution in [2.75, 3.05) is 26.2 Å². The van der Waals surface area contributed by atoms with Gasteiger partial charge in [0.15, 0.2) is 11.5 Å². The van der Waals surface area contributed by atoms with E-state index in [-0.39, 0.29) is 17.6 Å². The van der Waals surface area contributed by atoms with Crippen LogP contribution >= 0.6 is 0 Å². The Morgan fingerprint density at radius 2 is 1.61 bits per heavy atom. The summed E-state index contributed by atoms with van der Waals surface area (Å²) in [5, 5.41) is 3.23. The van der Waals surface area contributed by atoms with Gasteiger partial charge >= 0.3 is 0 Å². The fraction of sp³-hybridized carbons (Fsp3) is 0.438. The third-order valence-electron chi connectivity index (χ3n) is 7.81. The molecule has 9 heteroatoms. The summed E-state index contributed by atoms with van der Waals surface area (Å²) in [6, 6.07) is 10.2. The van der Waals surface area contributed by atoms with Gasteiger partial charge in [0, 0.05) is 24.1 Å². The highest BCUT2D eigenvalue weighted by atomic mass is 16.5. The van der Waals surface area contributed by atoms with Crippen LogP contribution in [0, 0.1) is 0 Å². The van der Waals surface area contributed by atoms with Crippen molar-refractivity contribution in [1.82, 2.24) is 15.3 Å². The van der Waals surface area contributed by atoms with Crippen LogP contribution in [0.15, 0.2) is 55.0 Å². The molecule has 1 aliphatic carbocycles. The first kappa shape index (κ1) is 29.8. The third-order valence-corrected chi connectivity index (χ3v) is 7.81. The Balaban J connectivity index is 1.90. The topological polar surface area (TPSA) is 103 Å². The lowest BCUT2D eigenvalue weighted by molar-refractivity contribution is -0.123. The van der Waals surface area contributed by atoms with Crippen LogP contribution in [0.1, 0.15) is 85.9 Å². The number of ether oxygens (including phenoxy) is 3. The summed E-state index contributed by atoms with van der Waals surface area (Å²) in [4.78, 5) is 38.4. The van der Waals surface area contributed by atoms with Crippen molar-refractivity contribution in [2.24, 2.45) is 0 Å². The SMILES string of the molecule is CCC(C)c1ccc(N(C(=O)c2cnccn2)C(C(=O)NC2CCCCC2)c2cc(OC)c(OC)c(OC)c2)cc1. The number of aromatic nitrogens is 2. The Labute approximate surface area is 242 Å². The molecule has 0 spiro atoms. The summed E-state index contributed by atoms with van der Waals surface area (Å²) in [7, 11) is 4.57. The normalized spacial score (nSPS) is 15.0. The molecule has 2 atom stereocenters. The summed E-state index contributed by atoms with van der Waals surface area (Å²) >= 11 is 0. The second kappa shape index (κ2) is 14.0. The molecule has 4 rings (SSSR count). The molecule has 1 aromatic heterocycles. The van der Waals surface area contributed by atoms with Crippen molar-refractivity contribution in [3.05, 3.63) is 71.8 Å². The molecule has 1 heterocycles. The zero-order valence-electron chi connectivity index (χ0n) is 24.6. The van der Waals surface area contributed by atoms with Crippen LogP contribution in [0.2, 0.25) is 0 Å². The van der Waals surface area contributed by atoms with Crippen LogP contribution in [0.5, 0.6) is 17.2 Å². The molecule has 0 radical (unpaired) electrons. The summed E-state index contributed by atoms with van der Waals surface area (Å²) < 4.78 is 16.8. The maximum Gasteiger partial charge on any atom is 0.279 e. The van der Waals surface area contributed by atoms with Crippen molar-refractivity contribution >= 4 is 17.5 Å². The second-order valence-electron chi connectivity index (χ2n) is 10.4. The minimum Gasteiger partial charge on any atom is -0.493 e. The number of benzene rings is 2. The molecule has 1 saturated carbocycles. The first-order valence-corrected chi connectivity index (χ1v) is 14.2. The number of carbonyl (C=O) groups is 2. The van der Waals surface area contributed by atoms with E-state index in [1.807, 2.05) is 24.3 Å². The molecule has 41 heavy (non-hydrogen) atoms.